The number of rotatable bonds is 2. The van der Waals surface area contributed by atoms with Crippen molar-refractivity contribution in [3.63, 3.8) is 0 Å². The molecule has 1 aromatic carbocycles. The van der Waals surface area contributed by atoms with E-state index in [2.05, 4.69) is 0 Å². The van der Waals surface area contributed by atoms with Crippen molar-refractivity contribution in [3.8, 4) is 0 Å². The Labute approximate surface area is 148 Å². The molecular weight excluding hydrogens is 344 g/mol. The monoisotopic (exact) mass is 358 g/mol. The van der Waals surface area contributed by atoms with Gasteiger partial charge in [0.05, 0.1) is 27.5 Å². The number of benzene rings is 1. The highest BCUT2D eigenvalue weighted by Gasteiger charge is 2.62. The molecule has 2 fully saturated rings. The summed E-state index contributed by atoms with van der Waals surface area (Å²) in [6.07, 6.45) is 4.00. The van der Waals surface area contributed by atoms with Crippen molar-refractivity contribution in [3.05, 3.63) is 56.6 Å². The maximum absolute atomic E-state index is 13.0. The summed E-state index contributed by atoms with van der Waals surface area (Å²) in [7, 11) is 0. The third kappa shape index (κ3) is 2.03. The van der Waals surface area contributed by atoms with Crippen LogP contribution in [0.3, 0.4) is 0 Å². The van der Waals surface area contributed by atoms with Gasteiger partial charge in [-0.15, -0.1) is 0 Å². The molecule has 0 radical (unpaired) electrons. The average Bonchev–Trinajstić information content (AvgIpc) is 3.18. The molecule has 2 aliphatic carbocycles. The van der Waals surface area contributed by atoms with Gasteiger partial charge >= 0.3 is 0 Å². The van der Waals surface area contributed by atoms with Gasteiger partial charge in [-0.05, 0) is 19.9 Å². The molecule has 4 rings (SSSR count). The normalized spacial score (nSPS) is 29.6. The minimum absolute atomic E-state index is 0.0704. The molecule has 0 aromatic heterocycles. The van der Waals surface area contributed by atoms with Gasteiger partial charge in [-0.2, -0.15) is 0 Å². The van der Waals surface area contributed by atoms with Gasteiger partial charge in [-0.25, -0.2) is 4.90 Å². The Bertz CT molecular complexity index is 866. The van der Waals surface area contributed by atoms with E-state index in [1.54, 1.807) is 0 Å². The number of carbonyl (C=O) groups excluding carboxylic acids is 2. The van der Waals surface area contributed by atoms with E-state index < -0.39 is 16.8 Å². The van der Waals surface area contributed by atoms with E-state index >= 15 is 0 Å². The zero-order valence-electron chi connectivity index (χ0n) is 13.6. The van der Waals surface area contributed by atoms with Crippen molar-refractivity contribution in [1.82, 2.24) is 0 Å². The number of imide groups is 1. The molecule has 1 aliphatic heterocycles. The summed E-state index contributed by atoms with van der Waals surface area (Å²) >= 11 is 6.14. The molecule has 0 spiro atoms. The number of nitro groups is 1. The van der Waals surface area contributed by atoms with Crippen LogP contribution in [-0.4, -0.2) is 16.7 Å². The first-order chi connectivity index (χ1) is 11.8. The van der Waals surface area contributed by atoms with Crippen LogP contribution in [0.5, 0.6) is 0 Å². The highest BCUT2D eigenvalue weighted by Crippen LogP contribution is 2.57. The number of nitro benzene ring substituents is 1. The van der Waals surface area contributed by atoms with Crippen LogP contribution in [0.2, 0.25) is 5.02 Å². The largest absolute Gasteiger partial charge is 0.274 e. The Morgan fingerprint density at radius 3 is 2.16 bits per heavy atom. The van der Waals surface area contributed by atoms with Crippen LogP contribution in [0.25, 0.3) is 0 Å². The number of hydrogen-bond donors (Lipinski definition) is 0. The highest BCUT2D eigenvalue weighted by molar-refractivity contribution is 6.36. The van der Waals surface area contributed by atoms with Crippen molar-refractivity contribution in [2.24, 2.45) is 23.7 Å². The van der Waals surface area contributed by atoms with Crippen molar-refractivity contribution in [2.75, 3.05) is 4.90 Å². The average molecular weight is 359 g/mol. The van der Waals surface area contributed by atoms with Crippen LogP contribution in [0, 0.1) is 33.8 Å². The summed E-state index contributed by atoms with van der Waals surface area (Å²) in [5, 5.41) is 11.2. The molecule has 0 N–H and O–H groups in total. The fraction of sp³-hybridized carbons (Fsp3) is 0.333. The molecule has 4 atom stereocenters. The Morgan fingerprint density at radius 2 is 1.68 bits per heavy atom. The van der Waals surface area contributed by atoms with E-state index in [4.69, 9.17) is 11.6 Å². The predicted molar refractivity (Wildman–Crippen MR) is 92.1 cm³/mol. The van der Waals surface area contributed by atoms with E-state index in [1.807, 2.05) is 26.0 Å². The first-order valence-electron chi connectivity index (χ1n) is 8.00. The van der Waals surface area contributed by atoms with Crippen molar-refractivity contribution >= 4 is 34.8 Å². The van der Waals surface area contributed by atoms with Gasteiger partial charge in [0, 0.05) is 24.0 Å². The molecule has 25 heavy (non-hydrogen) atoms. The second-order valence-corrected chi connectivity index (χ2v) is 7.26. The standard InChI is InChI=1S/C18H15ClN2O4/c1-8(2)14-10-4-5-11(14)16-15(10)17(22)20(18(16)23)13-7-9(21(24)25)3-6-12(13)19/h3-7,10-11,15-16H,1-2H3/t10-,11-,15-,16+/m1/s1. The second-order valence-electron chi connectivity index (χ2n) is 6.85. The number of nitrogens with zero attached hydrogens (tertiary/aromatic N) is 2. The Hall–Kier alpha value is -2.47. The molecule has 6 nitrogen and oxygen atoms in total. The fourth-order valence-corrected chi connectivity index (χ4v) is 4.66. The Morgan fingerprint density at radius 1 is 1.12 bits per heavy atom. The van der Waals surface area contributed by atoms with Gasteiger partial charge in [0.25, 0.3) is 5.69 Å². The first kappa shape index (κ1) is 16.0. The van der Waals surface area contributed by atoms with Gasteiger partial charge in [0.15, 0.2) is 0 Å². The molecule has 7 heteroatoms. The number of hydrogen-bond acceptors (Lipinski definition) is 4. The number of non-ortho nitro benzene ring substituents is 1. The van der Waals surface area contributed by atoms with E-state index in [-0.39, 0.29) is 40.0 Å². The number of amides is 2. The predicted octanol–water partition coefficient (Wildman–Crippen LogP) is 3.51. The molecule has 1 saturated heterocycles. The van der Waals surface area contributed by atoms with Gasteiger partial charge in [-0.1, -0.05) is 34.9 Å². The second kappa shape index (κ2) is 5.26. The molecule has 128 valence electrons. The van der Waals surface area contributed by atoms with Gasteiger partial charge in [-0.3, -0.25) is 19.7 Å². The molecule has 1 saturated carbocycles. The molecule has 2 amide bonds. The molecular formula is C18H15ClN2O4. The third-order valence-electron chi connectivity index (χ3n) is 5.37. The molecule has 1 heterocycles. The van der Waals surface area contributed by atoms with E-state index in [0.29, 0.717) is 0 Å². The van der Waals surface area contributed by atoms with Crippen molar-refractivity contribution < 1.29 is 14.5 Å². The van der Waals surface area contributed by atoms with E-state index in [9.17, 15) is 19.7 Å². The topological polar surface area (TPSA) is 80.5 Å². The smallest absolute Gasteiger partial charge is 0.271 e. The van der Waals surface area contributed by atoms with Gasteiger partial charge in [0.2, 0.25) is 11.8 Å². The van der Waals surface area contributed by atoms with Crippen LogP contribution in [0.1, 0.15) is 13.8 Å². The number of carbonyl (C=O) groups is 2. The quantitative estimate of drug-likeness (QED) is 0.350. The Balaban J connectivity index is 1.79. The lowest BCUT2D eigenvalue weighted by atomic mass is 9.85. The summed E-state index contributed by atoms with van der Waals surface area (Å²) < 4.78 is 0. The van der Waals surface area contributed by atoms with Crippen LogP contribution >= 0.6 is 11.6 Å². The minimum Gasteiger partial charge on any atom is -0.274 e. The first-order valence-corrected chi connectivity index (χ1v) is 8.38. The number of halogens is 1. The molecule has 0 unspecified atom stereocenters. The lowest BCUT2D eigenvalue weighted by molar-refractivity contribution is -0.384. The number of fused-ring (bicyclic) bond motifs is 5. The van der Waals surface area contributed by atoms with E-state index in [0.717, 1.165) is 16.0 Å². The van der Waals surface area contributed by atoms with Crippen LogP contribution in [0.15, 0.2) is 41.5 Å². The van der Waals surface area contributed by atoms with Gasteiger partial charge < -0.3 is 0 Å². The maximum Gasteiger partial charge on any atom is 0.271 e. The van der Waals surface area contributed by atoms with Crippen LogP contribution < -0.4 is 4.90 Å². The lowest BCUT2D eigenvalue weighted by Crippen LogP contribution is -2.33. The minimum atomic E-state index is -0.571. The third-order valence-corrected chi connectivity index (χ3v) is 5.69. The highest BCUT2D eigenvalue weighted by atomic mass is 35.5. The molecule has 2 bridgehead atoms. The summed E-state index contributed by atoms with van der Waals surface area (Å²) in [6.45, 7) is 3.99. The van der Waals surface area contributed by atoms with E-state index in [1.165, 1.54) is 18.2 Å². The van der Waals surface area contributed by atoms with Crippen molar-refractivity contribution in [2.45, 2.75) is 13.8 Å². The van der Waals surface area contributed by atoms with Gasteiger partial charge in [0.1, 0.15) is 0 Å². The summed E-state index contributed by atoms with van der Waals surface area (Å²) in [6, 6.07) is 3.79. The molecule has 1 aromatic rings. The summed E-state index contributed by atoms with van der Waals surface area (Å²) in [5.74, 6) is -1.68. The Kier molecular flexibility index (Phi) is 3.37. The molecule has 3 aliphatic rings. The number of allylic oxidation sites excluding steroid dienone is 4. The lowest BCUT2D eigenvalue weighted by Gasteiger charge is -2.20. The fourth-order valence-electron chi connectivity index (χ4n) is 4.45. The zero-order valence-corrected chi connectivity index (χ0v) is 14.4. The zero-order chi connectivity index (χ0) is 18.0. The van der Waals surface area contributed by atoms with Crippen LogP contribution in [0.4, 0.5) is 11.4 Å². The SMILES string of the molecule is CC(C)=C1[C@H]2C=C[C@H]1[C@H]1C(=O)N(c3cc([N+](=O)[O-])ccc3Cl)C(=O)[C@H]12. The maximum atomic E-state index is 13.0. The van der Waals surface area contributed by atoms with Crippen molar-refractivity contribution in [1.29, 1.82) is 0 Å². The summed E-state index contributed by atoms with van der Waals surface area (Å²) in [4.78, 5) is 37.5. The number of anilines is 1. The summed E-state index contributed by atoms with van der Waals surface area (Å²) in [5.41, 5.74) is 2.18. The van der Waals surface area contributed by atoms with Crippen LogP contribution in [-0.2, 0) is 9.59 Å².